The van der Waals surface area contributed by atoms with E-state index in [-0.39, 0.29) is 0 Å². The molecule has 0 amide bonds. The quantitative estimate of drug-likeness (QED) is 0.0655. The van der Waals surface area contributed by atoms with Crippen LogP contribution in [0.4, 0.5) is 0 Å². The maximum atomic E-state index is 13.7. The predicted molar refractivity (Wildman–Crippen MR) is 215 cm³/mol. The van der Waals surface area contributed by atoms with Gasteiger partial charge in [0.15, 0.2) is 0 Å². The van der Waals surface area contributed by atoms with E-state index in [0.717, 1.165) is 36.1 Å². The van der Waals surface area contributed by atoms with E-state index in [1.54, 1.807) is 11.1 Å². The summed E-state index contributed by atoms with van der Waals surface area (Å²) in [6, 6.07) is 10.1. The minimum absolute atomic E-state index is 0.423. The lowest BCUT2D eigenvalue weighted by Gasteiger charge is -2.36. The van der Waals surface area contributed by atoms with Crippen LogP contribution in [0.25, 0.3) is 0 Å². The third-order valence-corrected chi connectivity index (χ3v) is 15.2. The van der Waals surface area contributed by atoms with E-state index in [1.165, 1.54) is 123 Å². The fourth-order valence-corrected chi connectivity index (χ4v) is 13.1. The highest BCUT2D eigenvalue weighted by Gasteiger charge is 2.41. The smallest absolute Gasteiger partial charge is 0.338 e. The monoisotopic (exact) mass is 710 g/mol. The summed E-state index contributed by atoms with van der Waals surface area (Å²) in [7, 11) is -1.43. The number of carbonyl (C=O) groups is 2. The van der Waals surface area contributed by atoms with Crippen LogP contribution in [0.15, 0.2) is 24.3 Å². The summed E-state index contributed by atoms with van der Waals surface area (Å²) in [5.74, 6) is -0.846. The Kier molecular flexibility index (Phi) is 12.0. The van der Waals surface area contributed by atoms with Crippen molar-refractivity contribution in [1.82, 2.24) is 0 Å². The van der Waals surface area contributed by atoms with Crippen molar-refractivity contribution in [3.8, 4) is 0 Å². The molecule has 4 nitrogen and oxygen atoms in total. The van der Waals surface area contributed by atoms with Gasteiger partial charge in [0.1, 0.15) is 0 Å². The number of methoxy groups -OCH3 is 2. The Labute approximate surface area is 304 Å². The molecule has 0 saturated carbocycles. The number of hydrogen-bond acceptors (Lipinski definition) is 4. The Hall–Kier alpha value is -2.97. The molecule has 3 aromatic carbocycles. The molecule has 6 heteroatoms. The second-order valence-corrected chi connectivity index (χ2v) is 27.0. The van der Waals surface area contributed by atoms with Crippen LogP contribution in [-0.2, 0) is 48.0 Å². The average molecular weight is 711 g/mol. The first-order valence-corrected chi connectivity index (χ1v) is 26.4. The van der Waals surface area contributed by atoms with Crippen molar-refractivity contribution in [3.05, 3.63) is 91.0 Å². The largest absolute Gasteiger partial charge is 0.465 e. The molecule has 270 valence electrons. The molecule has 0 unspecified atom stereocenters. The summed E-state index contributed by atoms with van der Waals surface area (Å²) < 4.78 is 10.8. The number of esters is 2. The molecular formula is C44H62O4Si2. The molecule has 0 heterocycles. The van der Waals surface area contributed by atoms with E-state index >= 15 is 0 Å². The van der Waals surface area contributed by atoms with Gasteiger partial charge >= 0.3 is 11.9 Å². The van der Waals surface area contributed by atoms with Crippen LogP contribution in [0.2, 0.25) is 39.3 Å². The lowest BCUT2D eigenvalue weighted by Crippen LogP contribution is -2.53. The number of unbranched alkanes of at least 4 members (excludes halogenated alkanes) is 6. The van der Waals surface area contributed by atoms with E-state index in [4.69, 9.17) is 9.47 Å². The summed E-state index contributed by atoms with van der Waals surface area (Å²) in [6.45, 7) is 18.3. The van der Waals surface area contributed by atoms with Crippen molar-refractivity contribution in [2.24, 2.45) is 0 Å². The molecule has 0 aromatic heterocycles. The molecule has 0 saturated heterocycles. The number of carbonyl (C=O) groups excluding carboxylic acids is 2. The van der Waals surface area contributed by atoms with E-state index < -0.39 is 28.1 Å². The van der Waals surface area contributed by atoms with Gasteiger partial charge < -0.3 is 9.47 Å². The summed E-state index contributed by atoms with van der Waals surface area (Å²) >= 11 is 0. The Morgan fingerprint density at radius 3 is 1.18 bits per heavy atom. The molecule has 0 bridgehead atoms. The summed E-state index contributed by atoms with van der Waals surface area (Å²) in [6.07, 6.45) is 16.3. The van der Waals surface area contributed by atoms with Crippen LogP contribution in [0.1, 0.15) is 142 Å². The van der Waals surface area contributed by atoms with Crippen LogP contribution < -0.4 is 10.4 Å². The lowest BCUT2D eigenvalue weighted by atomic mass is 9.77. The maximum Gasteiger partial charge on any atom is 0.338 e. The van der Waals surface area contributed by atoms with Gasteiger partial charge in [-0.1, -0.05) is 116 Å². The zero-order valence-corrected chi connectivity index (χ0v) is 34.8. The molecule has 0 N–H and O–H groups in total. The van der Waals surface area contributed by atoms with Crippen molar-refractivity contribution >= 4 is 38.5 Å². The van der Waals surface area contributed by atoms with Gasteiger partial charge in [0, 0.05) is 0 Å². The lowest BCUT2D eigenvalue weighted by molar-refractivity contribution is 0.0557. The number of aryl methyl sites for hydroxylation is 2. The molecular weight excluding hydrogens is 649 g/mol. The normalized spacial score (nSPS) is 13.6. The fourth-order valence-electron chi connectivity index (χ4n) is 8.82. The Morgan fingerprint density at radius 2 is 0.860 bits per heavy atom. The van der Waals surface area contributed by atoms with Crippen molar-refractivity contribution < 1.29 is 19.1 Å². The van der Waals surface area contributed by atoms with Gasteiger partial charge in [-0.15, -0.1) is 0 Å². The molecule has 2 aliphatic rings. The highest BCUT2D eigenvalue weighted by atomic mass is 28.3. The van der Waals surface area contributed by atoms with Crippen LogP contribution in [0.5, 0.6) is 0 Å². The zero-order valence-electron chi connectivity index (χ0n) is 32.8. The van der Waals surface area contributed by atoms with Gasteiger partial charge in [-0.2, -0.15) is 0 Å². The van der Waals surface area contributed by atoms with Gasteiger partial charge in [-0.25, -0.2) is 9.59 Å². The number of ether oxygens (including phenoxy) is 2. The van der Waals surface area contributed by atoms with Gasteiger partial charge in [0.25, 0.3) is 0 Å². The number of hydrogen-bond donors (Lipinski definition) is 0. The molecule has 50 heavy (non-hydrogen) atoms. The number of rotatable bonds is 14. The Balaban J connectivity index is 1.61. The minimum Gasteiger partial charge on any atom is -0.465 e. The Morgan fingerprint density at radius 1 is 0.520 bits per heavy atom. The van der Waals surface area contributed by atoms with Gasteiger partial charge in [0.2, 0.25) is 0 Å². The van der Waals surface area contributed by atoms with Gasteiger partial charge in [-0.3, -0.25) is 0 Å². The first kappa shape index (κ1) is 38.3. The SMILES string of the molecule is CCCCCCc1cc2c(cc1CCCCCC)Cc1cc3c(cc1C2)Cc1c(c([Si](C)(C)C)c(C(=O)OC)c(C(=O)OC)c1[Si](C)(C)C)C3. The van der Waals surface area contributed by atoms with Crippen LogP contribution in [-0.4, -0.2) is 42.3 Å². The summed E-state index contributed by atoms with van der Waals surface area (Å²) in [4.78, 5) is 27.4. The first-order valence-electron chi connectivity index (χ1n) is 19.4. The highest BCUT2D eigenvalue weighted by molar-refractivity contribution is 6.92. The van der Waals surface area contributed by atoms with E-state index in [2.05, 4.69) is 77.4 Å². The fraction of sp³-hybridized carbons (Fsp3) is 0.545. The standard InChI is InChI=1S/C44H62O4Si2/c1-11-13-15-17-19-29-21-31-23-33-25-35-27-37-38(28-36(35)26-34(33)24-32(31)22-30(29)20-18-16-14-12-2)42(50(8,9)10)40(44(46)48-4)39(43(45)47-3)41(37)49(5,6)7/h21-22,25-26H,11-20,23-24,27-28H2,1-10H3. The Bertz CT molecular complexity index is 1630. The molecule has 0 aliphatic heterocycles. The van der Waals surface area contributed by atoms with Crippen LogP contribution in [0, 0.1) is 0 Å². The molecule has 5 rings (SSSR count). The average Bonchev–Trinajstić information content (AvgIpc) is 3.06. The van der Waals surface area contributed by atoms with Crippen molar-refractivity contribution in [1.29, 1.82) is 0 Å². The van der Waals surface area contributed by atoms with Crippen LogP contribution >= 0.6 is 0 Å². The first-order chi connectivity index (χ1) is 23.7. The van der Waals surface area contributed by atoms with Crippen molar-refractivity contribution in [2.75, 3.05) is 14.2 Å². The van der Waals surface area contributed by atoms with E-state index in [1.807, 2.05) is 0 Å². The van der Waals surface area contributed by atoms with E-state index in [0.29, 0.717) is 11.1 Å². The zero-order chi connectivity index (χ0) is 36.4. The summed E-state index contributed by atoms with van der Waals surface area (Å²) in [5.41, 5.74) is 15.3. The molecule has 3 aromatic rings. The van der Waals surface area contributed by atoms with Crippen molar-refractivity contribution in [3.63, 3.8) is 0 Å². The third-order valence-electron chi connectivity index (χ3n) is 11.1. The van der Waals surface area contributed by atoms with Crippen molar-refractivity contribution in [2.45, 2.75) is 143 Å². The summed E-state index contributed by atoms with van der Waals surface area (Å²) in [5, 5.41) is 2.13. The molecule has 0 fully saturated rings. The third kappa shape index (κ3) is 7.92. The molecule has 0 atom stereocenters. The predicted octanol–water partition coefficient (Wildman–Crippen LogP) is 9.59. The second-order valence-electron chi connectivity index (χ2n) is 17.0. The molecule has 0 spiro atoms. The minimum atomic E-state index is -2.14. The molecule has 2 aliphatic carbocycles. The highest BCUT2D eigenvalue weighted by Crippen LogP contribution is 2.37. The second kappa shape index (κ2) is 15.7. The maximum absolute atomic E-state index is 13.7. The molecule has 0 radical (unpaired) electrons. The van der Waals surface area contributed by atoms with Crippen LogP contribution in [0.3, 0.4) is 0 Å². The van der Waals surface area contributed by atoms with Gasteiger partial charge in [-0.05, 0) is 117 Å². The van der Waals surface area contributed by atoms with E-state index in [9.17, 15) is 9.59 Å². The number of fused-ring (bicyclic) bond motifs is 4. The topological polar surface area (TPSA) is 52.6 Å². The van der Waals surface area contributed by atoms with Gasteiger partial charge in [0.05, 0.1) is 41.5 Å². The number of benzene rings is 3.